The first-order valence-corrected chi connectivity index (χ1v) is 17.8. The summed E-state index contributed by atoms with van der Waals surface area (Å²) in [5, 5.41) is 18.1. The number of carbonyl (C=O) groups is 1. The number of hydrogen-bond donors (Lipinski definition) is 2. The van der Waals surface area contributed by atoms with Crippen LogP contribution in [0.3, 0.4) is 0 Å². The second-order valence-corrected chi connectivity index (χ2v) is 14.3. The Balaban J connectivity index is 0.00000170. The highest BCUT2D eigenvalue weighted by molar-refractivity contribution is 7.96. The first-order chi connectivity index (χ1) is 20.8. The fourth-order valence-electron chi connectivity index (χ4n) is 5.11. The molecule has 258 valence electrons. The van der Waals surface area contributed by atoms with Crippen LogP contribution in [0.2, 0.25) is 0 Å². The molecule has 1 aromatic heterocycles. The van der Waals surface area contributed by atoms with Crippen LogP contribution in [-0.2, 0) is 11.2 Å². The van der Waals surface area contributed by atoms with Crippen LogP contribution in [0.25, 0.3) is 0 Å². The fourth-order valence-corrected chi connectivity index (χ4v) is 5.89. The number of aliphatic hydroxyl groups is 1. The summed E-state index contributed by atoms with van der Waals surface area (Å²) in [4.78, 5) is 18.5. The largest absolute Gasteiger partial charge is 0.481 e. The summed E-state index contributed by atoms with van der Waals surface area (Å²) in [6, 6.07) is 1.45. The van der Waals surface area contributed by atoms with E-state index in [1.165, 1.54) is 12.6 Å². The van der Waals surface area contributed by atoms with Crippen LogP contribution in [-0.4, -0.2) is 55.3 Å². The normalized spacial score (nSPS) is 21.8. The molecule has 1 saturated heterocycles. The number of piperidine rings is 1. The zero-order valence-electron chi connectivity index (χ0n) is 30.7. The lowest BCUT2D eigenvalue weighted by atomic mass is 9.82. The van der Waals surface area contributed by atoms with E-state index >= 15 is 0 Å². The van der Waals surface area contributed by atoms with Gasteiger partial charge in [0.05, 0.1) is 17.8 Å². The molecule has 1 fully saturated rings. The standard InChI is InChI=1S/C28H40FN3O2S.C4H10O.C3H8.C2H6/c1-18-14-25-24(16-22(29)17-30-25)21(4)32(35-7)20(3)19(2)23(8-9-27(33)34)26(15-18)31-12-10-28(5,6)11-13-31;1-4(2,3)5;1-3-2;1-2/h15-18,21H,3,8-14H2,1-2,4-7H3,(H,33,34);5H,1-3H3;3H2,1-2H3;1-2H3/b23-19-,26-15?;;;. The van der Waals surface area contributed by atoms with Gasteiger partial charge in [0.2, 0.25) is 0 Å². The first-order valence-electron chi connectivity index (χ1n) is 16.6. The number of allylic oxidation sites excluding steroid dienone is 3. The summed E-state index contributed by atoms with van der Waals surface area (Å²) in [5.41, 5.74) is 5.52. The predicted octanol–water partition coefficient (Wildman–Crippen LogP) is 9.97. The number of halogens is 1. The van der Waals surface area contributed by atoms with E-state index in [-0.39, 0.29) is 24.2 Å². The number of aromatic nitrogens is 1. The monoisotopic (exact) mass is 649 g/mol. The van der Waals surface area contributed by atoms with Crippen LogP contribution in [0.15, 0.2) is 47.5 Å². The third-order valence-electron chi connectivity index (χ3n) is 7.43. The second kappa shape index (κ2) is 20.0. The topological polar surface area (TPSA) is 76.9 Å². The Morgan fingerprint density at radius 1 is 1.18 bits per heavy atom. The summed E-state index contributed by atoms with van der Waals surface area (Å²) < 4.78 is 16.4. The van der Waals surface area contributed by atoms with Gasteiger partial charge in [0.1, 0.15) is 5.82 Å². The van der Waals surface area contributed by atoms with E-state index in [9.17, 15) is 14.3 Å². The summed E-state index contributed by atoms with van der Waals surface area (Å²) in [6.45, 7) is 30.7. The molecule has 3 rings (SSSR count). The van der Waals surface area contributed by atoms with E-state index in [0.29, 0.717) is 18.3 Å². The molecule has 2 atom stereocenters. The zero-order chi connectivity index (χ0) is 35.1. The van der Waals surface area contributed by atoms with Gasteiger partial charge in [-0.25, -0.2) is 4.39 Å². The Hall–Kier alpha value is -2.32. The van der Waals surface area contributed by atoms with Gasteiger partial charge in [-0.1, -0.05) is 79.5 Å². The molecular formula is C37H64FN3O3S. The lowest BCUT2D eigenvalue weighted by Gasteiger charge is -2.41. The molecule has 0 spiro atoms. The Kier molecular flexibility index (Phi) is 19.0. The summed E-state index contributed by atoms with van der Waals surface area (Å²) in [5.74, 6) is -1.00. The maximum Gasteiger partial charge on any atom is 0.303 e. The number of carboxylic acid groups (broad SMARTS) is 1. The number of nitrogens with zero attached hydrogens (tertiary/aromatic N) is 3. The van der Waals surface area contributed by atoms with Gasteiger partial charge in [0, 0.05) is 42.9 Å². The minimum atomic E-state index is -0.806. The molecule has 8 heteroatoms. The van der Waals surface area contributed by atoms with E-state index in [1.54, 1.807) is 38.8 Å². The molecule has 1 aromatic rings. The number of pyridine rings is 1. The van der Waals surface area contributed by atoms with E-state index in [1.807, 2.05) is 27.0 Å². The minimum Gasteiger partial charge on any atom is -0.481 e. The van der Waals surface area contributed by atoms with E-state index < -0.39 is 11.6 Å². The SMILES string of the molecule is C=C1/C(C)=C(/CCC(=O)O)C(N2CCC(C)(C)CC2)=CC(C)Cc2ncc(F)cc2C(C)N1SC.CC.CC(C)(C)O.CCC. The van der Waals surface area contributed by atoms with Crippen LogP contribution in [0.1, 0.15) is 132 Å². The molecule has 2 aliphatic rings. The summed E-state index contributed by atoms with van der Waals surface area (Å²) in [6.07, 6.45) is 10.2. The minimum absolute atomic E-state index is 0.0623. The van der Waals surface area contributed by atoms with Gasteiger partial charge in [-0.15, -0.1) is 0 Å². The average Bonchev–Trinajstić information content (AvgIpc) is 2.94. The maximum absolute atomic E-state index is 14.3. The zero-order valence-corrected chi connectivity index (χ0v) is 31.5. The van der Waals surface area contributed by atoms with Crippen molar-refractivity contribution in [2.45, 2.75) is 133 Å². The molecule has 45 heavy (non-hydrogen) atoms. The van der Waals surface area contributed by atoms with Crippen molar-refractivity contribution in [1.29, 1.82) is 0 Å². The van der Waals surface area contributed by atoms with Crippen LogP contribution in [0, 0.1) is 17.2 Å². The van der Waals surface area contributed by atoms with Crippen molar-refractivity contribution in [1.82, 2.24) is 14.2 Å². The van der Waals surface area contributed by atoms with Crippen molar-refractivity contribution in [2.75, 3.05) is 19.3 Å². The Morgan fingerprint density at radius 2 is 1.69 bits per heavy atom. The van der Waals surface area contributed by atoms with Crippen LogP contribution in [0.4, 0.5) is 4.39 Å². The van der Waals surface area contributed by atoms with Crippen LogP contribution >= 0.6 is 11.9 Å². The number of carboxylic acids is 1. The van der Waals surface area contributed by atoms with Crippen molar-refractivity contribution >= 4 is 17.9 Å². The van der Waals surface area contributed by atoms with Gasteiger partial charge >= 0.3 is 5.97 Å². The van der Waals surface area contributed by atoms with Gasteiger partial charge in [-0.2, -0.15) is 0 Å². The molecule has 3 heterocycles. The molecule has 0 aromatic carbocycles. The fraction of sp³-hybridized carbons (Fsp3) is 0.676. The molecular weight excluding hydrogens is 585 g/mol. The third kappa shape index (κ3) is 15.2. The van der Waals surface area contributed by atoms with Gasteiger partial charge in [0.15, 0.2) is 0 Å². The molecule has 0 bridgehead atoms. The van der Waals surface area contributed by atoms with E-state index in [0.717, 1.165) is 59.7 Å². The predicted molar refractivity (Wildman–Crippen MR) is 191 cm³/mol. The Bertz CT molecular complexity index is 1120. The molecule has 6 nitrogen and oxygen atoms in total. The lowest BCUT2D eigenvalue weighted by molar-refractivity contribution is -0.136. The average molecular weight is 650 g/mol. The molecule has 0 amide bonds. The number of fused-ring (bicyclic) bond motifs is 1. The van der Waals surface area contributed by atoms with Gasteiger partial charge in [-0.05, 0) is 94.4 Å². The first kappa shape index (κ1) is 42.7. The molecule has 0 aliphatic carbocycles. The Morgan fingerprint density at radius 3 is 2.16 bits per heavy atom. The Labute approximate surface area is 279 Å². The van der Waals surface area contributed by atoms with Crippen molar-refractivity contribution < 1.29 is 19.4 Å². The van der Waals surface area contributed by atoms with Crippen LogP contribution < -0.4 is 0 Å². The highest BCUT2D eigenvalue weighted by Gasteiger charge is 2.31. The highest BCUT2D eigenvalue weighted by Crippen LogP contribution is 2.40. The molecule has 2 aliphatic heterocycles. The second-order valence-electron chi connectivity index (χ2n) is 13.6. The highest BCUT2D eigenvalue weighted by atomic mass is 32.2. The quantitative estimate of drug-likeness (QED) is 0.308. The summed E-state index contributed by atoms with van der Waals surface area (Å²) >= 11 is 1.54. The van der Waals surface area contributed by atoms with Crippen molar-refractivity contribution in [3.8, 4) is 0 Å². The number of hydrogen-bond acceptors (Lipinski definition) is 6. The maximum atomic E-state index is 14.3. The number of aliphatic carboxylic acids is 1. The van der Waals surface area contributed by atoms with Crippen molar-refractivity contribution in [2.24, 2.45) is 11.3 Å². The molecule has 0 saturated carbocycles. The molecule has 2 unspecified atom stereocenters. The third-order valence-corrected chi connectivity index (χ3v) is 8.36. The van der Waals surface area contributed by atoms with Gasteiger partial charge < -0.3 is 19.4 Å². The molecule has 0 radical (unpaired) electrons. The number of likely N-dealkylation sites (tertiary alicyclic amines) is 1. The van der Waals surface area contributed by atoms with Crippen molar-refractivity contribution in [3.05, 3.63) is 64.5 Å². The number of rotatable bonds is 5. The summed E-state index contributed by atoms with van der Waals surface area (Å²) in [7, 11) is 0. The van der Waals surface area contributed by atoms with Gasteiger partial charge in [-0.3, -0.25) is 9.78 Å². The molecule has 2 N–H and O–H groups in total. The van der Waals surface area contributed by atoms with Crippen LogP contribution in [0.5, 0.6) is 0 Å². The lowest BCUT2D eigenvalue weighted by Crippen LogP contribution is -2.37. The smallest absolute Gasteiger partial charge is 0.303 e. The van der Waals surface area contributed by atoms with E-state index in [2.05, 4.69) is 68.4 Å². The van der Waals surface area contributed by atoms with Gasteiger partial charge in [0.25, 0.3) is 0 Å². The van der Waals surface area contributed by atoms with Crippen molar-refractivity contribution in [3.63, 3.8) is 0 Å². The van der Waals surface area contributed by atoms with E-state index in [4.69, 9.17) is 5.11 Å².